The summed E-state index contributed by atoms with van der Waals surface area (Å²) in [6.07, 6.45) is 0. The largest absolute Gasteiger partial charge is 0.454 e. The fourth-order valence-corrected chi connectivity index (χ4v) is 2.26. The molecule has 0 fully saturated rings. The molecule has 0 bridgehead atoms. The summed E-state index contributed by atoms with van der Waals surface area (Å²) in [6, 6.07) is 7.47. The molecular weight excluding hydrogens is 274 g/mol. The number of fused-ring (bicyclic) bond motifs is 1. The van der Waals surface area contributed by atoms with Gasteiger partial charge in [-0.2, -0.15) is 0 Å². The van der Waals surface area contributed by atoms with E-state index in [9.17, 15) is 0 Å². The number of nitrogens with zero attached hydrogens (tertiary/aromatic N) is 2. The number of anilines is 1. The minimum atomic E-state index is 0.683. The molecule has 0 aliphatic carbocycles. The predicted octanol–water partition coefficient (Wildman–Crippen LogP) is 4.20. The average molecular weight is 288 g/mol. The van der Waals surface area contributed by atoms with Gasteiger partial charge in [0.25, 0.3) is 0 Å². The molecule has 0 spiro atoms. The Morgan fingerprint density at radius 3 is 2.60 bits per heavy atom. The van der Waals surface area contributed by atoms with E-state index in [4.69, 9.17) is 16.0 Å². The molecule has 0 radical (unpaired) electrons. The molecule has 20 heavy (non-hydrogen) atoms. The van der Waals surface area contributed by atoms with Gasteiger partial charge in [-0.15, -0.1) is 0 Å². The van der Waals surface area contributed by atoms with Gasteiger partial charge in [-0.1, -0.05) is 11.6 Å². The van der Waals surface area contributed by atoms with Crippen molar-refractivity contribution in [3.05, 3.63) is 40.7 Å². The molecule has 2 heterocycles. The molecule has 0 saturated carbocycles. The lowest BCUT2D eigenvalue weighted by molar-refractivity contribution is 0.628. The molecule has 3 aromatic rings. The number of nitrogens with one attached hydrogen (secondary N) is 1. The molecular formula is C15H14ClN3O. The predicted molar refractivity (Wildman–Crippen MR) is 81.3 cm³/mol. The third kappa shape index (κ3) is 2.12. The van der Waals surface area contributed by atoms with Crippen LogP contribution in [0.1, 0.15) is 11.4 Å². The number of benzene rings is 1. The van der Waals surface area contributed by atoms with Gasteiger partial charge >= 0.3 is 0 Å². The molecule has 4 nitrogen and oxygen atoms in total. The molecule has 0 aliphatic heterocycles. The van der Waals surface area contributed by atoms with E-state index < -0.39 is 0 Å². The number of aryl methyl sites for hydroxylation is 2. The van der Waals surface area contributed by atoms with Crippen molar-refractivity contribution in [1.29, 1.82) is 0 Å². The highest BCUT2D eigenvalue weighted by Gasteiger charge is 2.14. The van der Waals surface area contributed by atoms with Crippen LogP contribution in [-0.2, 0) is 0 Å². The van der Waals surface area contributed by atoms with Crippen molar-refractivity contribution < 1.29 is 4.42 Å². The van der Waals surface area contributed by atoms with Crippen LogP contribution in [0.5, 0.6) is 0 Å². The topological polar surface area (TPSA) is 51.0 Å². The lowest BCUT2D eigenvalue weighted by Gasteiger charge is -2.08. The molecule has 0 amide bonds. The number of halogens is 1. The van der Waals surface area contributed by atoms with E-state index >= 15 is 0 Å². The van der Waals surface area contributed by atoms with Crippen LogP contribution in [0.4, 0.5) is 5.82 Å². The Hall–Kier alpha value is -2.07. The second-order valence-electron chi connectivity index (χ2n) is 4.63. The first-order chi connectivity index (χ1) is 9.58. The summed E-state index contributed by atoms with van der Waals surface area (Å²) in [5.41, 5.74) is 3.28. The van der Waals surface area contributed by atoms with Gasteiger partial charge in [0.2, 0.25) is 0 Å². The van der Waals surface area contributed by atoms with Gasteiger partial charge in [-0.3, -0.25) is 0 Å². The zero-order valence-corrected chi connectivity index (χ0v) is 12.2. The lowest BCUT2D eigenvalue weighted by atomic mass is 10.2. The Morgan fingerprint density at radius 2 is 1.85 bits per heavy atom. The van der Waals surface area contributed by atoms with Crippen LogP contribution in [-0.4, -0.2) is 17.0 Å². The average Bonchev–Trinajstić information content (AvgIpc) is 2.84. The Bertz CT molecular complexity index is 795. The van der Waals surface area contributed by atoms with Crippen LogP contribution in [0, 0.1) is 13.8 Å². The highest BCUT2D eigenvalue weighted by atomic mass is 35.5. The van der Waals surface area contributed by atoms with Crippen LogP contribution in [0.25, 0.3) is 22.4 Å². The fourth-order valence-electron chi connectivity index (χ4n) is 2.08. The zero-order valence-electron chi connectivity index (χ0n) is 11.5. The normalized spacial score (nSPS) is 11.0. The number of aromatic nitrogens is 2. The summed E-state index contributed by atoms with van der Waals surface area (Å²) in [5, 5.41) is 4.70. The smallest absolute Gasteiger partial charge is 0.157 e. The number of furan rings is 1. The highest BCUT2D eigenvalue weighted by Crippen LogP contribution is 2.32. The first-order valence-electron chi connectivity index (χ1n) is 6.31. The summed E-state index contributed by atoms with van der Waals surface area (Å²) in [4.78, 5) is 9.08. The van der Waals surface area contributed by atoms with Crippen molar-refractivity contribution >= 4 is 28.4 Å². The minimum Gasteiger partial charge on any atom is -0.454 e. The molecule has 5 heteroatoms. The van der Waals surface area contributed by atoms with Crippen molar-refractivity contribution in [2.45, 2.75) is 13.8 Å². The van der Waals surface area contributed by atoms with Gasteiger partial charge < -0.3 is 9.73 Å². The van der Waals surface area contributed by atoms with Crippen LogP contribution in [0.2, 0.25) is 5.02 Å². The van der Waals surface area contributed by atoms with E-state index in [-0.39, 0.29) is 0 Å². The molecule has 1 aromatic carbocycles. The van der Waals surface area contributed by atoms with Gasteiger partial charge in [0.1, 0.15) is 11.3 Å². The highest BCUT2D eigenvalue weighted by molar-refractivity contribution is 6.31. The molecule has 102 valence electrons. The Kier molecular flexibility index (Phi) is 3.10. The molecule has 0 unspecified atom stereocenters. The molecule has 0 saturated heterocycles. The summed E-state index contributed by atoms with van der Waals surface area (Å²) in [6.45, 7) is 3.87. The van der Waals surface area contributed by atoms with E-state index in [2.05, 4.69) is 15.3 Å². The van der Waals surface area contributed by atoms with Crippen LogP contribution in [0.15, 0.2) is 28.7 Å². The van der Waals surface area contributed by atoms with Gasteiger partial charge in [0.05, 0.1) is 11.4 Å². The first-order valence-corrected chi connectivity index (χ1v) is 6.69. The first kappa shape index (κ1) is 12.9. The second-order valence-corrected chi connectivity index (χ2v) is 5.07. The van der Waals surface area contributed by atoms with Gasteiger partial charge in [0, 0.05) is 17.5 Å². The van der Waals surface area contributed by atoms with E-state index in [0.717, 1.165) is 22.4 Å². The fraction of sp³-hybridized carbons (Fsp3) is 0.200. The van der Waals surface area contributed by atoms with E-state index in [0.29, 0.717) is 22.3 Å². The van der Waals surface area contributed by atoms with Crippen molar-refractivity contribution in [3.63, 3.8) is 0 Å². The zero-order chi connectivity index (χ0) is 14.3. The maximum absolute atomic E-state index is 6.00. The molecule has 3 rings (SSSR count). The minimum absolute atomic E-state index is 0.683. The Morgan fingerprint density at radius 1 is 1.10 bits per heavy atom. The number of hydrogen-bond acceptors (Lipinski definition) is 4. The lowest BCUT2D eigenvalue weighted by Crippen LogP contribution is -2.02. The van der Waals surface area contributed by atoms with E-state index in [1.807, 2.05) is 45.2 Å². The maximum atomic E-state index is 6.00. The van der Waals surface area contributed by atoms with Gasteiger partial charge in [-0.25, -0.2) is 9.97 Å². The summed E-state index contributed by atoms with van der Waals surface area (Å²) in [5.74, 6) is 1.39. The summed E-state index contributed by atoms with van der Waals surface area (Å²) >= 11 is 6.00. The quantitative estimate of drug-likeness (QED) is 0.767. The Labute approximate surface area is 121 Å². The Balaban J connectivity index is 2.22. The van der Waals surface area contributed by atoms with E-state index in [1.165, 1.54) is 0 Å². The van der Waals surface area contributed by atoms with Crippen LogP contribution >= 0.6 is 11.6 Å². The SMILES string of the molecule is CNc1nc(C)c(C)nc1-c1cc2cc(Cl)ccc2o1. The van der Waals surface area contributed by atoms with E-state index in [1.54, 1.807) is 0 Å². The van der Waals surface area contributed by atoms with Crippen molar-refractivity contribution in [3.8, 4) is 11.5 Å². The standard InChI is InChI=1S/C15H14ClN3O/c1-8-9(2)19-15(17-3)14(18-8)13-7-10-6-11(16)4-5-12(10)20-13/h4-7H,1-3H3,(H,17,19). The number of rotatable bonds is 2. The van der Waals surface area contributed by atoms with Crippen LogP contribution < -0.4 is 5.32 Å². The van der Waals surface area contributed by atoms with Crippen LogP contribution in [0.3, 0.4) is 0 Å². The second kappa shape index (κ2) is 4.80. The third-order valence-electron chi connectivity index (χ3n) is 3.26. The summed E-state index contributed by atoms with van der Waals surface area (Å²) < 4.78 is 5.85. The number of hydrogen-bond donors (Lipinski definition) is 1. The molecule has 0 aliphatic rings. The molecule has 1 N–H and O–H groups in total. The molecule has 2 aromatic heterocycles. The monoisotopic (exact) mass is 287 g/mol. The van der Waals surface area contributed by atoms with Crippen molar-refractivity contribution in [1.82, 2.24) is 9.97 Å². The summed E-state index contributed by atoms with van der Waals surface area (Å²) in [7, 11) is 1.82. The third-order valence-corrected chi connectivity index (χ3v) is 3.49. The maximum Gasteiger partial charge on any atom is 0.157 e. The van der Waals surface area contributed by atoms with Gasteiger partial charge in [-0.05, 0) is 38.1 Å². The van der Waals surface area contributed by atoms with Crippen molar-refractivity contribution in [2.24, 2.45) is 0 Å². The van der Waals surface area contributed by atoms with Crippen molar-refractivity contribution in [2.75, 3.05) is 12.4 Å². The van der Waals surface area contributed by atoms with Gasteiger partial charge in [0.15, 0.2) is 11.6 Å². The molecule has 0 atom stereocenters.